The van der Waals surface area contributed by atoms with Crippen LogP contribution in [-0.4, -0.2) is 102 Å². The molecule has 0 aromatic carbocycles. The van der Waals surface area contributed by atoms with E-state index in [2.05, 4.69) is 24.6 Å². The van der Waals surface area contributed by atoms with Crippen molar-refractivity contribution in [2.24, 2.45) is 0 Å². The van der Waals surface area contributed by atoms with Gasteiger partial charge in [-0.25, -0.2) is 9.97 Å². The Labute approximate surface area is 179 Å². The zero-order chi connectivity index (χ0) is 20.3. The summed E-state index contributed by atoms with van der Waals surface area (Å²) in [5.74, 6) is 1.09. The van der Waals surface area contributed by atoms with Crippen molar-refractivity contribution in [3.05, 3.63) is 17.5 Å². The Morgan fingerprint density at radius 2 is 1.80 bits per heavy atom. The molecular weight excluding hydrogens is 380 g/mol. The predicted molar refractivity (Wildman–Crippen MR) is 114 cm³/mol. The van der Waals surface area contributed by atoms with Gasteiger partial charge in [0.1, 0.15) is 0 Å². The Hall–Kier alpha value is -1.77. The van der Waals surface area contributed by atoms with Crippen LogP contribution in [0.4, 0.5) is 5.95 Å². The summed E-state index contributed by atoms with van der Waals surface area (Å²) in [6.07, 6.45) is 8.28. The first kappa shape index (κ1) is 20.2. The van der Waals surface area contributed by atoms with E-state index in [0.717, 1.165) is 95.2 Å². The van der Waals surface area contributed by atoms with Crippen LogP contribution in [0.15, 0.2) is 6.20 Å². The van der Waals surface area contributed by atoms with Gasteiger partial charge in [-0.2, -0.15) is 0 Å². The Morgan fingerprint density at radius 1 is 1.03 bits per heavy atom. The van der Waals surface area contributed by atoms with Crippen LogP contribution in [0.3, 0.4) is 0 Å². The van der Waals surface area contributed by atoms with Gasteiger partial charge in [0.25, 0.3) is 0 Å². The number of amides is 1. The molecule has 8 heteroatoms. The summed E-state index contributed by atoms with van der Waals surface area (Å²) < 4.78 is 5.42. The zero-order valence-corrected chi connectivity index (χ0v) is 18.0. The second kappa shape index (κ2) is 9.16. The summed E-state index contributed by atoms with van der Waals surface area (Å²) >= 11 is 0. The molecule has 3 aliphatic heterocycles. The molecule has 4 heterocycles. The molecule has 1 amide bonds. The van der Waals surface area contributed by atoms with E-state index < -0.39 is 0 Å². The quantitative estimate of drug-likeness (QED) is 0.721. The number of morpholine rings is 1. The molecule has 4 aliphatic rings. The fraction of sp³-hybridized carbons (Fsp3) is 0.773. The molecule has 164 valence electrons. The van der Waals surface area contributed by atoms with Crippen molar-refractivity contribution in [3.63, 3.8) is 0 Å². The number of carbonyl (C=O) groups excluding carboxylic acids is 1. The van der Waals surface area contributed by atoms with E-state index >= 15 is 0 Å². The van der Waals surface area contributed by atoms with Crippen molar-refractivity contribution >= 4 is 11.9 Å². The van der Waals surface area contributed by atoms with Gasteiger partial charge in [0.2, 0.25) is 11.9 Å². The van der Waals surface area contributed by atoms with Gasteiger partial charge in [0.05, 0.1) is 25.5 Å². The lowest BCUT2D eigenvalue weighted by Crippen LogP contribution is -2.53. The largest absolute Gasteiger partial charge is 0.378 e. The summed E-state index contributed by atoms with van der Waals surface area (Å²) in [5, 5.41) is 0. The van der Waals surface area contributed by atoms with Crippen LogP contribution < -0.4 is 4.90 Å². The third-order valence-electron chi connectivity index (χ3n) is 7.16. The van der Waals surface area contributed by atoms with Crippen LogP contribution in [0.5, 0.6) is 0 Å². The van der Waals surface area contributed by atoms with E-state index in [-0.39, 0.29) is 5.91 Å². The van der Waals surface area contributed by atoms with Gasteiger partial charge in [-0.1, -0.05) is 12.8 Å². The van der Waals surface area contributed by atoms with Crippen molar-refractivity contribution in [2.75, 3.05) is 70.5 Å². The van der Waals surface area contributed by atoms with Gasteiger partial charge in [-0.3, -0.25) is 14.6 Å². The van der Waals surface area contributed by atoms with Gasteiger partial charge >= 0.3 is 0 Å². The van der Waals surface area contributed by atoms with Gasteiger partial charge in [0, 0.05) is 76.6 Å². The Balaban J connectivity index is 1.12. The van der Waals surface area contributed by atoms with Crippen LogP contribution in [0.2, 0.25) is 0 Å². The lowest BCUT2D eigenvalue weighted by Gasteiger charge is -2.39. The smallest absolute Gasteiger partial charge is 0.236 e. The van der Waals surface area contributed by atoms with Crippen molar-refractivity contribution < 1.29 is 9.53 Å². The highest BCUT2D eigenvalue weighted by Crippen LogP contribution is 2.24. The molecule has 5 rings (SSSR count). The maximum Gasteiger partial charge on any atom is 0.236 e. The average Bonchev–Trinajstić information content (AvgIpc) is 3.34. The number of ether oxygens (including phenoxy) is 1. The Bertz CT molecular complexity index is 739. The number of rotatable bonds is 4. The van der Waals surface area contributed by atoms with Crippen LogP contribution >= 0.6 is 0 Å². The minimum absolute atomic E-state index is 0.273. The number of carbonyl (C=O) groups is 1. The predicted octanol–water partition coefficient (Wildman–Crippen LogP) is 0.758. The molecule has 0 unspecified atom stereocenters. The van der Waals surface area contributed by atoms with Gasteiger partial charge in [-0.15, -0.1) is 0 Å². The van der Waals surface area contributed by atoms with Crippen LogP contribution in [-0.2, 0) is 22.5 Å². The number of nitrogens with zero attached hydrogens (tertiary/aromatic N) is 6. The van der Waals surface area contributed by atoms with E-state index in [9.17, 15) is 4.79 Å². The number of hydrogen-bond donors (Lipinski definition) is 0. The van der Waals surface area contributed by atoms with Gasteiger partial charge in [0.15, 0.2) is 0 Å². The maximum atomic E-state index is 12.9. The molecule has 0 bridgehead atoms. The van der Waals surface area contributed by atoms with E-state index in [1.807, 2.05) is 6.20 Å². The molecule has 1 aromatic rings. The lowest BCUT2D eigenvalue weighted by molar-refractivity contribution is -0.134. The molecule has 0 N–H and O–H groups in total. The molecule has 8 nitrogen and oxygen atoms in total. The maximum absolute atomic E-state index is 12.9. The van der Waals surface area contributed by atoms with Crippen LogP contribution in [0, 0.1) is 0 Å². The zero-order valence-electron chi connectivity index (χ0n) is 18.0. The van der Waals surface area contributed by atoms with Gasteiger partial charge < -0.3 is 14.5 Å². The number of piperazine rings is 1. The third kappa shape index (κ3) is 4.45. The van der Waals surface area contributed by atoms with Crippen LogP contribution in [0.25, 0.3) is 0 Å². The van der Waals surface area contributed by atoms with Crippen molar-refractivity contribution in [3.8, 4) is 0 Å². The highest BCUT2D eigenvalue weighted by molar-refractivity contribution is 5.78. The second-order valence-electron chi connectivity index (χ2n) is 9.06. The van der Waals surface area contributed by atoms with E-state index in [1.165, 1.54) is 25.7 Å². The molecule has 3 fully saturated rings. The topological polar surface area (TPSA) is 65.0 Å². The Morgan fingerprint density at radius 3 is 2.57 bits per heavy atom. The van der Waals surface area contributed by atoms with Crippen molar-refractivity contribution in [1.82, 2.24) is 24.7 Å². The normalized spacial score (nSPS) is 24.3. The molecule has 1 aliphatic carbocycles. The first-order chi connectivity index (χ1) is 14.8. The third-order valence-corrected chi connectivity index (χ3v) is 7.16. The number of aromatic nitrogens is 2. The summed E-state index contributed by atoms with van der Waals surface area (Å²) in [6.45, 7) is 9.20. The molecular formula is C22H34N6O2. The standard InChI is InChI=1S/C22H34N6O2/c29-21(27-9-7-26(8-10-27)19-3-1-2-4-19)17-25-6-5-20-18(16-25)15-23-22(24-20)28-11-13-30-14-12-28/h15,19H,1-14,16-17H2. The molecule has 0 radical (unpaired) electrons. The second-order valence-corrected chi connectivity index (χ2v) is 9.06. The number of fused-ring (bicyclic) bond motifs is 1. The fourth-order valence-corrected chi connectivity index (χ4v) is 5.31. The van der Waals surface area contributed by atoms with Crippen molar-refractivity contribution in [2.45, 2.75) is 44.7 Å². The first-order valence-corrected chi connectivity index (χ1v) is 11.7. The molecule has 1 aromatic heterocycles. The van der Waals surface area contributed by atoms with Gasteiger partial charge in [-0.05, 0) is 12.8 Å². The SMILES string of the molecule is O=C(CN1CCc2nc(N3CCOCC3)ncc2C1)N1CCN(C2CCCC2)CC1. The molecule has 30 heavy (non-hydrogen) atoms. The number of hydrogen-bond acceptors (Lipinski definition) is 7. The fourth-order valence-electron chi connectivity index (χ4n) is 5.31. The molecule has 2 saturated heterocycles. The molecule has 1 saturated carbocycles. The monoisotopic (exact) mass is 414 g/mol. The Kier molecular flexibility index (Phi) is 6.15. The first-order valence-electron chi connectivity index (χ1n) is 11.7. The lowest BCUT2D eigenvalue weighted by atomic mass is 10.1. The van der Waals surface area contributed by atoms with Crippen molar-refractivity contribution in [1.29, 1.82) is 0 Å². The minimum Gasteiger partial charge on any atom is -0.378 e. The van der Waals surface area contributed by atoms with Crippen LogP contribution in [0.1, 0.15) is 36.9 Å². The average molecular weight is 415 g/mol. The summed E-state index contributed by atoms with van der Waals surface area (Å²) in [4.78, 5) is 31.4. The molecule has 0 atom stereocenters. The summed E-state index contributed by atoms with van der Waals surface area (Å²) in [5.41, 5.74) is 2.30. The summed E-state index contributed by atoms with van der Waals surface area (Å²) in [6, 6.07) is 0.767. The van der Waals surface area contributed by atoms with E-state index in [1.54, 1.807) is 0 Å². The summed E-state index contributed by atoms with van der Waals surface area (Å²) in [7, 11) is 0. The highest BCUT2D eigenvalue weighted by atomic mass is 16.5. The molecule has 0 spiro atoms. The van der Waals surface area contributed by atoms with E-state index in [0.29, 0.717) is 6.54 Å². The minimum atomic E-state index is 0.273. The highest BCUT2D eigenvalue weighted by Gasteiger charge is 2.29. The van der Waals surface area contributed by atoms with E-state index in [4.69, 9.17) is 9.72 Å². The number of anilines is 1.